The summed E-state index contributed by atoms with van der Waals surface area (Å²) in [5.41, 5.74) is 3.13. The molecule has 0 bridgehead atoms. The second-order valence-electron chi connectivity index (χ2n) is 5.12. The fourth-order valence-corrected chi connectivity index (χ4v) is 3.28. The lowest BCUT2D eigenvalue weighted by atomic mass is 10.2. The number of nitriles is 1. The van der Waals surface area contributed by atoms with Gasteiger partial charge in [-0.05, 0) is 29.5 Å². The molecule has 0 saturated heterocycles. The first-order valence-electron chi connectivity index (χ1n) is 7.40. The third-order valence-electron chi connectivity index (χ3n) is 3.49. The average Bonchev–Trinajstić information content (AvgIpc) is 3.32. The Bertz CT molecular complexity index is 1060. The standard InChI is InChI=1S/C17H11N7S/c18-9-12(16-21-23-24-22-16)10-19-13-5-3-4-11(8-13)17-20-14-6-1-2-7-15(14)25-17/h1-8,10,19H,(H,21,22,23,24). The minimum atomic E-state index is 0.248. The topological polar surface area (TPSA) is 103 Å². The van der Waals surface area contributed by atoms with Crippen LogP contribution in [0.1, 0.15) is 5.82 Å². The van der Waals surface area contributed by atoms with E-state index >= 15 is 0 Å². The summed E-state index contributed by atoms with van der Waals surface area (Å²) < 4.78 is 1.15. The van der Waals surface area contributed by atoms with Gasteiger partial charge in [0.1, 0.15) is 16.6 Å². The highest BCUT2D eigenvalue weighted by molar-refractivity contribution is 7.21. The molecule has 4 rings (SSSR count). The van der Waals surface area contributed by atoms with Crippen molar-refractivity contribution in [2.45, 2.75) is 0 Å². The summed E-state index contributed by atoms with van der Waals surface area (Å²) in [5, 5.41) is 26.6. The highest BCUT2D eigenvalue weighted by Crippen LogP contribution is 2.31. The summed E-state index contributed by atoms with van der Waals surface area (Å²) in [4.78, 5) is 4.67. The van der Waals surface area contributed by atoms with E-state index in [1.807, 2.05) is 48.5 Å². The maximum atomic E-state index is 9.20. The van der Waals surface area contributed by atoms with Crippen LogP contribution in [0.15, 0.2) is 54.7 Å². The van der Waals surface area contributed by atoms with Gasteiger partial charge in [0.2, 0.25) is 5.82 Å². The molecular weight excluding hydrogens is 334 g/mol. The Balaban J connectivity index is 1.62. The van der Waals surface area contributed by atoms with Crippen molar-refractivity contribution in [3.8, 4) is 16.6 Å². The fourth-order valence-electron chi connectivity index (χ4n) is 2.32. The normalized spacial score (nSPS) is 11.4. The maximum Gasteiger partial charge on any atom is 0.216 e. The molecule has 7 nitrogen and oxygen atoms in total. The van der Waals surface area contributed by atoms with Crippen LogP contribution in [0, 0.1) is 11.3 Å². The van der Waals surface area contributed by atoms with Gasteiger partial charge >= 0.3 is 0 Å². The molecule has 0 spiro atoms. The molecule has 0 fully saturated rings. The van der Waals surface area contributed by atoms with Crippen LogP contribution in [0.5, 0.6) is 0 Å². The summed E-state index contributed by atoms with van der Waals surface area (Å²) in [7, 11) is 0. The van der Waals surface area contributed by atoms with Crippen molar-refractivity contribution < 1.29 is 0 Å². The van der Waals surface area contributed by atoms with E-state index in [1.54, 1.807) is 17.5 Å². The SMILES string of the molecule is N#CC(=CNc1cccc(-c2nc3ccccc3s2)c1)c1nn[nH]n1. The Morgan fingerprint density at radius 1 is 1.20 bits per heavy atom. The van der Waals surface area contributed by atoms with E-state index in [-0.39, 0.29) is 5.82 Å². The molecule has 0 unspecified atom stereocenters. The summed E-state index contributed by atoms with van der Waals surface area (Å²) >= 11 is 1.65. The first kappa shape index (κ1) is 15.0. The van der Waals surface area contributed by atoms with Crippen LogP contribution in [-0.4, -0.2) is 25.6 Å². The van der Waals surface area contributed by atoms with Gasteiger partial charge in [-0.25, -0.2) is 4.98 Å². The number of aromatic nitrogens is 5. The number of hydrogen-bond acceptors (Lipinski definition) is 7. The third kappa shape index (κ3) is 3.08. The lowest BCUT2D eigenvalue weighted by Gasteiger charge is -2.03. The van der Waals surface area contributed by atoms with Gasteiger partial charge in [-0.1, -0.05) is 24.3 Å². The lowest BCUT2D eigenvalue weighted by Crippen LogP contribution is -1.93. The second kappa shape index (κ2) is 6.51. The Morgan fingerprint density at radius 2 is 2.12 bits per heavy atom. The van der Waals surface area contributed by atoms with Gasteiger partial charge in [-0.15, -0.1) is 21.5 Å². The molecule has 8 heteroatoms. The monoisotopic (exact) mass is 345 g/mol. The highest BCUT2D eigenvalue weighted by Gasteiger charge is 2.08. The molecule has 2 N–H and O–H groups in total. The van der Waals surface area contributed by atoms with Crippen LogP contribution < -0.4 is 5.32 Å². The zero-order chi connectivity index (χ0) is 17.1. The number of thiazole rings is 1. The number of para-hydroxylation sites is 1. The quantitative estimate of drug-likeness (QED) is 0.549. The number of H-pyrrole nitrogens is 1. The van der Waals surface area contributed by atoms with E-state index in [0.717, 1.165) is 26.5 Å². The molecular formula is C17H11N7S. The van der Waals surface area contributed by atoms with Crippen molar-refractivity contribution in [3.63, 3.8) is 0 Å². The first-order chi connectivity index (χ1) is 12.3. The number of fused-ring (bicyclic) bond motifs is 1. The fraction of sp³-hybridized carbons (Fsp3) is 0. The van der Waals surface area contributed by atoms with Crippen molar-refractivity contribution in [1.82, 2.24) is 25.6 Å². The van der Waals surface area contributed by atoms with Crippen LogP contribution >= 0.6 is 11.3 Å². The predicted molar refractivity (Wildman–Crippen MR) is 96.4 cm³/mol. The van der Waals surface area contributed by atoms with Gasteiger partial charge in [-0.2, -0.15) is 10.5 Å². The van der Waals surface area contributed by atoms with Crippen LogP contribution in [0.2, 0.25) is 0 Å². The molecule has 25 heavy (non-hydrogen) atoms. The number of anilines is 1. The number of tetrazole rings is 1. The van der Waals surface area contributed by atoms with Gasteiger partial charge in [0.15, 0.2) is 0 Å². The summed E-state index contributed by atoms with van der Waals surface area (Å²) in [5.74, 6) is 0.248. The Hall–Kier alpha value is -3.57. The van der Waals surface area contributed by atoms with Crippen molar-refractivity contribution in [2.75, 3.05) is 5.32 Å². The van der Waals surface area contributed by atoms with E-state index in [1.165, 1.54) is 0 Å². The number of benzene rings is 2. The predicted octanol–water partition coefficient (Wildman–Crippen LogP) is 3.45. The van der Waals surface area contributed by atoms with Crippen LogP contribution in [-0.2, 0) is 0 Å². The molecule has 0 amide bonds. The molecule has 2 heterocycles. The molecule has 0 saturated carbocycles. The van der Waals surface area contributed by atoms with E-state index in [2.05, 4.69) is 37.0 Å². The number of nitrogens with one attached hydrogen (secondary N) is 2. The molecule has 0 atom stereocenters. The smallest absolute Gasteiger partial charge is 0.216 e. The molecule has 120 valence electrons. The number of aromatic amines is 1. The summed E-state index contributed by atoms with van der Waals surface area (Å²) in [6.45, 7) is 0. The minimum Gasteiger partial charge on any atom is -0.360 e. The third-order valence-corrected chi connectivity index (χ3v) is 4.58. The summed E-state index contributed by atoms with van der Waals surface area (Å²) in [6.07, 6.45) is 1.56. The van der Waals surface area contributed by atoms with E-state index in [4.69, 9.17) is 0 Å². The van der Waals surface area contributed by atoms with Gasteiger partial charge in [0.05, 0.1) is 10.2 Å². The summed E-state index contributed by atoms with van der Waals surface area (Å²) in [6, 6.07) is 18.0. The average molecular weight is 345 g/mol. The zero-order valence-electron chi connectivity index (χ0n) is 12.8. The van der Waals surface area contributed by atoms with Gasteiger partial charge in [-0.3, -0.25) is 0 Å². The molecule has 4 aromatic rings. The molecule has 0 aliphatic rings. The first-order valence-corrected chi connectivity index (χ1v) is 8.22. The Labute approximate surface area is 146 Å². The molecule has 0 aliphatic carbocycles. The minimum absolute atomic E-state index is 0.248. The number of nitrogens with zero attached hydrogens (tertiary/aromatic N) is 5. The largest absolute Gasteiger partial charge is 0.360 e. The van der Waals surface area contributed by atoms with Gasteiger partial charge < -0.3 is 5.32 Å². The highest BCUT2D eigenvalue weighted by atomic mass is 32.1. The van der Waals surface area contributed by atoms with E-state index in [0.29, 0.717) is 5.57 Å². The number of rotatable bonds is 4. The van der Waals surface area contributed by atoms with Crippen molar-refractivity contribution in [1.29, 1.82) is 5.26 Å². The van der Waals surface area contributed by atoms with Crippen molar-refractivity contribution >= 4 is 32.8 Å². The van der Waals surface area contributed by atoms with Gasteiger partial charge in [0.25, 0.3) is 0 Å². The Morgan fingerprint density at radius 3 is 2.92 bits per heavy atom. The molecule has 0 radical (unpaired) electrons. The number of hydrogen-bond donors (Lipinski definition) is 2. The van der Waals surface area contributed by atoms with Crippen LogP contribution in [0.25, 0.3) is 26.4 Å². The van der Waals surface area contributed by atoms with E-state index in [9.17, 15) is 5.26 Å². The Kier molecular flexibility index (Phi) is 3.90. The van der Waals surface area contributed by atoms with Crippen LogP contribution in [0.3, 0.4) is 0 Å². The molecule has 0 aliphatic heterocycles. The van der Waals surface area contributed by atoms with Crippen LogP contribution in [0.4, 0.5) is 5.69 Å². The molecule has 2 aromatic carbocycles. The number of allylic oxidation sites excluding steroid dienone is 1. The van der Waals surface area contributed by atoms with Crippen molar-refractivity contribution in [3.05, 3.63) is 60.6 Å². The van der Waals surface area contributed by atoms with Crippen molar-refractivity contribution in [2.24, 2.45) is 0 Å². The lowest BCUT2D eigenvalue weighted by molar-refractivity contribution is 0.881. The maximum absolute atomic E-state index is 9.20. The van der Waals surface area contributed by atoms with Gasteiger partial charge in [0, 0.05) is 17.5 Å². The second-order valence-corrected chi connectivity index (χ2v) is 6.15. The van der Waals surface area contributed by atoms with E-state index < -0.39 is 0 Å². The molecule has 2 aromatic heterocycles. The zero-order valence-corrected chi connectivity index (χ0v) is 13.7.